The lowest BCUT2D eigenvalue weighted by Gasteiger charge is -2.60. The van der Waals surface area contributed by atoms with Crippen LogP contribution < -0.4 is 5.32 Å². The minimum Gasteiger partial charge on any atom is -0.387 e. The lowest BCUT2D eigenvalue weighted by Crippen LogP contribution is -2.73. The summed E-state index contributed by atoms with van der Waals surface area (Å²) in [5.41, 5.74) is 5.88. The zero-order valence-corrected chi connectivity index (χ0v) is 21.2. The van der Waals surface area contributed by atoms with E-state index in [1.165, 1.54) is 23.3 Å². The van der Waals surface area contributed by atoms with Gasteiger partial charge in [0, 0.05) is 42.6 Å². The molecule has 2 aromatic carbocycles. The zero-order chi connectivity index (χ0) is 25.2. The first-order valence-corrected chi connectivity index (χ1v) is 13.0. The molecule has 3 N–H and O–H groups in total. The van der Waals surface area contributed by atoms with Gasteiger partial charge in [-0.3, -0.25) is 4.79 Å². The van der Waals surface area contributed by atoms with Crippen LogP contribution in [-0.2, 0) is 31.2 Å². The maximum atomic E-state index is 13.9. The number of amides is 1. The van der Waals surface area contributed by atoms with Gasteiger partial charge in [-0.2, -0.15) is 0 Å². The Bertz CT molecular complexity index is 1330. The van der Waals surface area contributed by atoms with Gasteiger partial charge < -0.3 is 20.3 Å². The average Bonchev–Trinajstić information content (AvgIpc) is 3.16. The molecule has 0 radical (unpaired) electrons. The molecule has 0 saturated carbocycles. The van der Waals surface area contributed by atoms with Crippen LogP contribution in [0.4, 0.5) is 4.39 Å². The number of aromatic nitrogens is 1. The topological polar surface area (TPSA) is 68.4 Å². The van der Waals surface area contributed by atoms with Gasteiger partial charge in [0.15, 0.2) is 0 Å². The number of hydrogen-bond acceptors (Lipinski definition) is 3. The maximum Gasteiger partial charge on any atom is 0.271 e. The van der Waals surface area contributed by atoms with Gasteiger partial charge in [-0.15, -0.1) is 0 Å². The summed E-state index contributed by atoms with van der Waals surface area (Å²) < 4.78 is 13.4. The standard InChI is InChI=1S/C30H34FN3O2/c1-18(2)34(17-20-8-10-22(31)11-9-20)28(35)27-19(3)23-15-30(36)26-14-21-6-4-5-7-24(21)29(30,12-13-32-26)16-25(23)33-27/h4-11,18,26,32-33,36H,12-17H2,1-3H3/t26-,29-,30-/m1/s1. The largest absolute Gasteiger partial charge is 0.387 e. The van der Waals surface area contributed by atoms with Crippen LogP contribution in [0.2, 0.25) is 0 Å². The molecule has 1 saturated heterocycles. The minimum atomic E-state index is -0.897. The minimum absolute atomic E-state index is 0.00612. The first-order valence-electron chi connectivity index (χ1n) is 13.0. The second kappa shape index (κ2) is 8.29. The third kappa shape index (κ3) is 3.31. The Balaban J connectivity index is 1.39. The van der Waals surface area contributed by atoms with Gasteiger partial charge in [0.05, 0.1) is 5.60 Å². The number of benzene rings is 2. The van der Waals surface area contributed by atoms with E-state index in [-0.39, 0.29) is 29.2 Å². The molecule has 2 bridgehead atoms. The lowest BCUT2D eigenvalue weighted by atomic mass is 9.50. The van der Waals surface area contributed by atoms with Crippen molar-refractivity contribution in [2.75, 3.05) is 6.54 Å². The highest BCUT2D eigenvalue weighted by Gasteiger charge is 2.63. The zero-order valence-electron chi connectivity index (χ0n) is 21.2. The van der Waals surface area contributed by atoms with E-state index in [2.05, 4.69) is 34.6 Å². The molecule has 2 heterocycles. The molecular weight excluding hydrogens is 453 g/mol. The van der Waals surface area contributed by atoms with Crippen LogP contribution in [0.25, 0.3) is 0 Å². The molecule has 5 nitrogen and oxygen atoms in total. The molecule has 1 aromatic heterocycles. The van der Waals surface area contributed by atoms with E-state index in [1.54, 1.807) is 12.1 Å². The average molecular weight is 488 g/mol. The van der Waals surface area contributed by atoms with Gasteiger partial charge in [-0.1, -0.05) is 36.4 Å². The number of H-pyrrole nitrogens is 1. The van der Waals surface area contributed by atoms with Gasteiger partial charge in [0.1, 0.15) is 11.5 Å². The van der Waals surface area contributed by atoms with Crippen LogP contribution in [-0.4, -0.2) is 45.1 Å². The van der Waals surface area contributed by atoms with Crippen LogP contribution in [0.15, 0.2) is 48.5 Å². The van der Waals surface area contributed by atoms with E-state index in [1.807, 2.05) is 25.7 Å². The third-order valence-electron chi connectivity index (χ3n) is 9.06. The molecule has 1 fully saturated rings. The second-order valence-electron chi connectivity index (χ2n) is 11.2. The molecular formula is C30H34FN3O2. The maximum absolute atomic E-state index is 13.9. The summed E-state index contributed by atoms with van der Waals surface area (Å²) in [5.74, 6) is -0.343. The number of nitrogens with one attached hydrogen (secondary N) is 2. The molecule has 6 heteroatoms. The highest BCUT2D eigenvalue weighted by atomic mass is 19.1. The normalized spacial score (nSPS) is 26.2. The number of halogens is 1. The van der Waals surface area contributed by atoms with Crippen molar-refractivity contribution in [1.82, 2.24) is 15.2 Å². The molecule has 6 rings (SSSR count). The predicted octanol–water partition coefficient (Wildman–Crippen LogP) is 4.20. The van der Waals surface area contributed by atoms with Gasteiger partial charge in [0.2, 0.25) is 0 Å². The molecule has 36 heavy (non-hydrogen) atoms. The van der Waals surface area contributed by atoms with Crippen molar-refractivity contribution in [3.63, 3.8) is 0 Å². The summed E-state index contributed by atoms with van der Waals surface area (Å²) in [6, 6.07) is 14.8. The SMILES string of the molecule is Cc1c(C(=O)N(Cc2ccc(F)cc2)C(C)C)[nH]c2c1C[C@@]1(O)[C@H]3Cc4ccccc4[C@@]1(CCN3)C2. The number of nitrogens with zero attached hydrogens (tertiary/aromatic N) is 1. The molecule has 3 aromatic rings. The Kier molecular flexibility index (Phi) is 5.39. The first-order chi connectivity index (χ1) is 17.2. The van der Waals surface area contributed by atoms with Crippen molar-refractivity contribution >= 4 is 5.91 Å². The van der Waals surface area contributed by atoms with Crippen LogP contribution in [0.3, 0.4) is 0 Å². The lowest BCUT2D eigenvalue weighted by molar-refractivity contribution is -0.106. The van der Waals surface area contributed by atoms with Gasteiger partial charge in [-0.25, -0.2) is 4.39 Å². The summed E-state index contributed by atoms with van der Waals surface area (Å²) in [6.07, 6.45) is 2.91. The highest BCUT2D eigenvalue weighted by Crippen LogP contribution is 2.55. The highest BCUT2D eigenvalue weighted by molar-refractivity contribution is 5.95. The quantitative estimate of drug-likeness (QED) is 0.517. The molecule has 0 unspecified atom stereocenters. The van der Waals surface area contributed by atoms with E-state index in [4.69, 9.17) is 0 Å². The van der Waals surface area contributed by atoms with Crippen LogP contribution >= 0.6 is 0 Å². The number of piperidine rings is 1. The monoisotopic (exact) mass is 487 g/mol. The fraction of sp³-hybridized carbons (Fsp3) is 0.433. The van der Waals surface area contributed by atoms with E-state index in [9.17, 15) is 14.3 Å². The molecule has 2 aliphatic carbocycles. The molecule has 3 atom stereocenters. The van der Waals surface area contributed by atoms with Crippen LogP contribution in [0.1, 0.15) is 64.3 Å². The predicted molar refractivity (Wildman–Crippen MR) is 138 cm³/mol. The van der Waals surface area contributed by atoms with Crippen molar-refractivity contribution in [2.24, 2.45) is 0 Å². The summed E-state index contributed by atoms with van der Waals surface area (Å²) in [4.78, 5) is 19.2. The molecule has 1 aliphatic heterocycles. The first kappa shape index (κ1) is 23.4. The Hall–Kier alpha value is -2.96. The van der Waals surface area contributed by atoms with Crippen LogP contribution in [0, 0.1) is 12.7 Å². The van der Waals surface area contributed by atoms with Crippen LogP contribution in [0.5, 0.6) is 0 Å². The number of aliphatic hydroxyl groups is 1. The van der Waals surface area contributed by atoms with Crippen molar-refractivity contribution in [2.45, 2.75) is 76.1 Å². The van der Waals surface area contributed by atoms with Gasteiger partial charge in [-0.05, 0) is 80.1 Å². The van der Waals surface area contributed by atoms with Gasteiger partial charge in [0.25, 0.3) is 5.91 Å². The van der Waals surface area contributed by atoms with E-state index in [0.717, 1.165) is 41.8 Å². The summed E-state index contributed by atoms with van der Waals surface area (Å²) >= 11 is 0. The molecule has 0 spiro atoms. The number of aromatic amines is 1. The fourth-order valence-corrected chi connectivity index (χ4v) is 7.09. The van der Waals surface area contributed by atoms with Crippen molar-refractivity contribution in [3.8, 4) is 0 Å². The van der Waals surface area contributed by atoms with E-state index >= 15 is 0 Å². The Morgan fingerprint density at radius 1 is 1.17 bits per heavy atom. The number of rotatable bonds is 4. The summed E-state index contributed by atoms with van der Waals surface area (Å²) in [7, 11) is 0. The van der Waals surface area contributed by atoms with Crippen molar-refractivity contribution < 1.29 is 14.3 Å². The van der Waals surface area contributed by atoms with Crippen molar-refractivity contribution in [3.05, 3.63) is 93.6 Å². The molecule has 1 amide bonds. The smallest absolute Gasteiger partial charge is 0.271 e. The summed E-state index contributed by atoms with van der Waals surface area (Å²) in [6.45, 7) is 7.29. The summed E-state index contributed by atoms with van der Waals surface area (Å²) in [5, 5.41) is 15.9. The Morgan fingerprint density at radius 2 is 1.92 bits per heavy atom. The third-order valence-corrected chi connectivity index (χ3v) is 9.06. The second-order valence-corrected chi connectivity index (χ2v) is 11.2. The van der Waals surface area contributed by atoms with E-state index in [0.29, 0.717) is 25.1 Å². The van der Waals surface area contributed by atoms with Gasteiger partial charge >= 0.3 is 0 Å². The Morgan fingerprint density at radius 3 is 2.67 bits per heavy atom. The Labute approximate surface area is 211 Å². The fourth-order valence-electron chi connectivity index (χ4n) is 7.09. The number of carbonyl (C=O) groups is 1. The van der Waals surface area contributed by atoms with E-state index < -0.39 is 5.60 Å². The molecule has 188 valence electrons. The number of hydrogen-bond donors (Lipinski definition) is 3. The number of carbonyl (C=O) groups excluding carboxylic acids is 1. The number of fused-ring (bicyclic) bond motifs is 2. The van der Waals surface area contributed by atoms with Crippen molar-refractivity contribution in [1.29, 1.82) is 0 Å². The molecule has 3 aliphatic rings.